The van der Waals surface area contributed by atoms with Crippen molar-refractivity contribution in [3.8, 4) is 0 Å². The number of aromatic nitrogens is 2. The van der Waals surface area contributed by atoms with Gasteiger partial charge in [0.05, 0.1) is 18.1 Å². The van der Waals surface area contributed by atoms with Crippen LogP contribution >= 0.6 is 0 Å². The predicted molar refractivity (Wildman–Crippen MR) is 79.3 cm³/mol. The van der Waals surface area contributed by atoms with Gasteiger partial charge in [-0.1, -0.05) is 6.08 Å². The Hall–Kier alpha value is -2.83. The zero-order chi connectivity index (χ0) is 15.2. The molecular formula is C14H16N4O3. The molecule has 0 aliphatic heterocycles. The molecule has 0 radical (unpaired) electrons. The predicted octanol–water partition coefficient (Wildman–Crippen LogP) is 2.05. The van der Waals surface area contributed by atoms with Crippen LogP contribution in [0.3, 0.4) is 0 Å². The van der Waals surface area contributed by atoms with E-state index < -0.39 is 6.09 Å². The Balaban J connectivity index is 2.15. The summed E-state index contributed by atoms with van der Waals surface area (Å²) in [7, 11) is 1.27. The van der Waals surface area contributed by atoms with E-state index in [-0.39, 0.29) is 11.9 Å². The molecule has 0 aliphatic rings. The normalized spacial score (nSPS) is 10.1. The number of amides is 2. The molecule has 0 saturated carbocycles. The largest absolute Gasteiger partial charge is 0.453 e. The van der Waals surface area contributed by atoms with Crippen molar-refractivity contribution in [2.24, 2.45) is 0 Å². The average Bonchev–Trinajstić information content (AvgIpc) is 2.88. The summed E-state index contributed by atoms with van der Waals surface area (Å²) in [6.07, 6.45) is 1.84. The number of hydrogen-bond acceptors (Lipinski definition) is 4. The number of nitrogens with zero attached hydrogens (tertiary/aromatic N) is 1. The van der Waals surface area contributed by atoms with Gasteiger partial charge in [-0.05, 0) is 24.6 Å². The summed E-state index contributed by atoms with van der Waals surface area (Å²) in [6.45, 7) is 4.14. The van der Waals surface area contributed by atoms with Gasteiger partial charge in [-0.2, -0.15) is 0 Å². The number of nitrogens with one attached hydrogen (secondary N) is 3. The standard InChI is InChI=1S/C14H16N4O3/c1-3-4-7-15-12(19)9-5-6-10-11(8-9)17-13(16-10)18-14(20)21-2/h3,5-6,8H,1,4,7H2,2H3,(H,15,19)(H2,16,17,18,20). The second-order valence-electron chi connectivity index (χ2n) is 4.27. The van der Waals surface area contributed by atoms with Crippen LogP contribution in [0.5, 0.6) is 0 Å². The lowest BCUT2D eigenvalue weighted by atomic mass is 10.2. The van der Waals surface area contributed by atoms with Gasteiger partial charge in [0.2, 0.25) is 5.95 Å². The molecule has 7 nitrogen and oxygen atoms in total. The van der Waals surface area contributed by atoms with Crippen LogP contribution in [-0.4, -0.2) is 35.6 Å². The number of methoxy groups -OCH3 is 1. The molecule has 3 N–H and O–H groups in total. The van der Waals surface area contributed by atoms with E-state index in [0.717, 1.165) is 0 Å². The van der Waals surface area contributed by atoms with Gasteiger partial charge in [0, 0.05) is 12.1 Å². The zero-order valence-corrected chi connectivity index (χ0v) is 11.6. The molecule has 21 heavy (non-hydrogen) atoms. The fourth-order valence-corrected chi connectivity index (χ4v) is 1.75. The van der Waals surface area contributed by atoms with Gasteiger partial charge in [-0.3, -0.25) is 10.1 Å². The van der Waals surface area contributed by atoms with Crippen molar-refractivity contribution >= 4 is 29.0 Å². The number of imidazole rings is 1. The Morgan fingerprint density at radius 1 is 1.48 bits per heavy atom. The Morgan fingerprint density at radius 2 is 2.29 bits per heavy atom. The fraction of sp³-hybridized carbons (Fsp3) is 0.214. The van der Waals surface area contributed by atoms with E-state index in [9.17, 15) is 9.59 Å². The maximum Gasteiger partial charge on any atom is 0.413 e. The minimum absolute atomic E-state index is 0.171. The Bertz CT molecular complexity index is 678. The van der Waals surface area contributed by atoms with Crippen LogP contribution in [0.4, 0.5) is 10.7 Å². The molecule has 1 aromatic carbocycles. The van der Waals surface area contributed by atoms with Crippen molar-refractivity contribution < 1.29 is 14.3 Å². The summed E-state index contributed by atoms with van der Waals surface area (Å²) in [5.74, 6) is 0.0943. The molecule has 2 aromatic rings. The summed E-state index contributed by atoms with van der Waals surface area (Å²) in [5, 5.41) is 5.21. The first kappa shape index (κ1) is 14.6. The molecule has 0 saturated heterocycles. The first-order valence-electron chi connectivity index (χ1n) is 6.38. The van der Waals surface area contributed by atoms with Gasteiger partial charge in [-0.15, -0.1) is 6.58 Å². The maximum atomic E-state index is 11.9. The van der Waals surface area contributed by atoms with Crippen LogP contribution in [0.2, 0.25) is 0 Å². The highest BCUT2D eigenvalue weighted by molar-refractivity contribution is 5.97. The lowest BCUT2D eigenvalue weighted by Crippen LogP contribution is -2.23. The van der Waals surface area contributed by atoms with Crippen LogP contribution in [0.15, 0.2) is 30.9 Å². The fourth-order valence-electron chi connectivity index (χ4n) is 1.75. The molecule has 2 rings (SSSR count). The summed E-state index contributed by atoms with van der Waals surface area (Å²) in [4.78, 5) is 30.1. The topological polar surface area (TPSA) is 96.1 Å². The third kappa shape index (κ3) is 3.59. The van der Waals surface area contributed by atoms with Crippen molar-refractivity contribution in [1.29, 1.82) is 0 Å². The third-order valence-corrected chi connectivity index (χ3v) is 2.78. The molecular weight excluding hydrogens is 272 g/mol. The van der Waals surface area contributed by atoms with Gasteiger partial charge >= 0.3 is 6.09 Å². The van der Waals surface area contributed by atoms with E-state index in [1.54, 1.807) is 24.3 Å². The SMILES string of the molecule is C=CCCNC(=O)c1ccc2nc(NC(=O)OC)[nH]c2c1. The zero-order valence-electron chi connectivity index (χ0n) is 11.6. The highest BCUT2D eigenvalue weighted by Gasteiger charge is 2.10. The van der Waals surface area contributed by atoms with E-state index in [2.05, 4.69) is 31.9 Å². The summed E-state index contributed by atoms with van der Waals surface area (Å²) < 4.78 is 4.48. The smallest absolute Gasteiger partial charge is 0.413 e. The number of carbonyl (C=O) groups excluding carboxylic acids is 2. The highest BCUT2D eigenvalue weighted by atomic mass is 16.5. The number of rotatable bonds is 5. The molecule has 0 unspecified atom stereocenters. The molecule has 0 spiro atoms. The highest BCUT2D eigenvalue weighted by Crippen LogP contribution is 2.16. The lowest BCUT2D eigenvalue weighted by molar-refractivity contribution is 0.0954. The molecule has 1 aromatic heterocycles. The quantitative estimate of drug-likeness (QED) is 0.579. The van der Waals surface area contributed by atoms with Gasteiger partial charge in [0.15, 0.2) is 0 Å². The monoisotopic (exact) mass is 288 g/mol. The van der Waals surface area contributed by atoms with E-state index in [1.807, 2.05) is 0 Å². The van der Waals surface area contributed by atoms with Crippen LogP contribution in [0.25, 0.3) is 11.0 Å². The third-order valence-electron chi connectivity index (χ3n) is 2.78. The molecule has 0 aliphatic carbocycles. The summed E-state index contributed by atoms with van der Waals surface area (Å²) in [5.41, 5.74) is 1.81. The van der Waals surface area contributed by atoms with Crippen molar-refractivity contribution in [3.63, 3.8) is 0 Å². The Labute approximate surface area is 121 Å². The van der Waals surface area contributed by atoms with E-state index in [0.29, 0.717) is 29.6 Å². The van der Waals surface area contributed by atoms with Gasteiger partial charge < -0.3 is 15.0 Å². The van der Waals surface area contributed by atoms with E-state index in [1.165, 1.54) is 7.11 Å². The molecule has 7 heteroatoms. The van der Waals surface area contributed by atoms with Crippen LogP contribution in [0.1, 0.15) is 16.8 Å². The maximum absolute atomic E-state index is 11.9. The van der Waals surface area contributed by atoms with Crippen LogP contribution < -0.4 is 10.6 Å². The summed E-state index contributed by atoms with van der Waals surface area (Å²) in [6, 6.07) is 5.05. The van der Waals surface area contributed by atoms with Crippen molar-refractivity contribution in [2.45, 2.75) is 6.42 Å². The van der Waals surface area contributed by atoms with Gasteiger partial charge in [0.1, 0.15) is 0 Å². The number of carbonyl (C=O) groups is 2. The molecule has 1 heterocycles. The van der Waals surface area contributed by atoms with Gasteiger partial charge in [0.25, 0.3) is 5.91 Å². The molecule has 0 atom stereocenters. The number of aromatic amines is 1. The molecule has 2 amide bonds. The van der Waals surface area contributed by atoms with Crippen molar-refractivity contribution in [3.05, 3.63) is 36.4 Å². The molecule has 0 bridgehead atoms. The first-order valence-corrected chi connectivity index (χ1v) is 6.38. The van der Waals surface area contributed by atoms with Crippen LogP contribution in [0, 0.1) is 0 Å². The lowest BCUT2D eigenvalue weighted by Gasteiger charge is -2.03. The van der Waals surface area contributed by atoms with E-state index >= 15 is 0 Å². The van der Waals surface area contributed by atoms with E-state index in [4.69, 9.17) is 0 Å². The van der Waals surface area contributed by atoms with Crippen LogP contribution in [-0.2, 0) is 4.74 Å². The number of hydrogen-bond donors (Lipinski definition) is 3. The number of anilines is 1. The van der Waals surface area contributed by atoms with Crippen molar-refractivity contribution in [2.75, 3.05) is 19.0 Å². The number of fused-ring (bicyclic) bond motifs is 1. The second kappa shape index (κ2) is 6.56. The Kier molecular flexibility index (Phi) is 4.55. The summed E-state index contributed by atoms with van der Waals surface area (Å²) >= 11 is 0. The minimum atomic E-state index is -0.614. The van der Waals surface area contributed by atoms with Crippen molar-refractivity contribution in [1.82, 2.24) is 15.3 Å². The average molecular weight is 288 g/mol. The van der Waals surface area contributed by atoms with Gasteiger partial charge in [-0.25, -0.2) is 9.78 Å². The molecule has 0 fully saturated rings. The number of H-pyrrole nitrogens is 1. The molecule has 110 valence electrons. The minimum Gasteiger partial charge on any atom is -0.453 e. The number of ether oxygens (including phenoxy) is 1. The second-order valence-corrected chi connectivity index (χ2v) is 4.27. The Morgan fingerprint density at radius 3 is 3.00 bits per heavy atom. The number of benzene rings is 1. The first-order chi connectivity index (χ1) is 10.1.